The normalized spacial score (nSPS) is 17.9. The summed E-state index contributed by atoms with van der Waals surface area (Å²) in [7, 11) is 0. The van der Waals surface area contributed by atoms with Crippen LogP contribution in [0, 0.1) is 13.8 Å². The van der Waals surface area contributed by atoms with Gasteiger partial charge in [0.15, 0.2) is 0 Å². The highest BCUT2D eigenvalue weighted by Crippen LogP contribution is 2.08. The van der Waals surface area contributed by atoms with Gasteiger partial charge in [-0.15, -0.1) is 0 Å². The molecule has 0 aromatic carbocycles. The number of carbonyl (C=O) groups excluding carboxylic acids is 1. The lowest BCUT2D eigenvalue weighted by atomic mass is 10.2. The topological polar surface area (TPSA) is 77.6 Å². The van der Waals surface area contributed by atoms with Crippen molar-refractivity contribution in [2.75, 3.05) is 39.4 Å². The third kappa shape index (κ3) is 4.06. The Morgan fingerprint density at radius 1 is 1.50 bits per heavy atom. The van der Waals surface area contributed by atoms with Crippen LogP contribution in [0.1, 0.15) is 21.7 Å². The lowest BCUT2D eigenvalue weighted by Crippen LogP contribution is -2.44. The Labute approximate surface area is 119 Å². The molecule has 0 radical (unpaired) electrons. The third-order valence-corrected chi connectivity index (χ3v) is 3.45. The van der Waals surface area contributed by atoms with Gasteiger partial charge in [-0.25, -0.2) is 0 Å². The highest BCUT2D eigenvalue weighted by Gasteiger charge is 2.17. The molecule has 2 heterocycles. The number of nitrogens with one attached hydrogen (secondary N) is 2. The molecule has 20 heavy (non-hydrogen) atoms. The van der Waals surface area contributed by atoms with Crippen LogP contribution in [0.25, 0.3) is 0 Å². The molecule has 1 aliphatic heterocycles. The van der Waals surface area contributed by atoms with E-state index < -0.39 is 6.10 Å². The maximum Gasteiger partial charge on any atom is 0.268 e. The van der Waals surface area contributed by atoms with Crippen LogP contribution in [-0.4, -0.2) is 66.4 Å². The van der Waals surface area contributed by atoms with Crippen LogP contribution < -0.4 is 5.32 Å². The van der Waals surface area contributed by atoms with Gasteiger partial charge in [-0.2, -0.15) is 0 Å². The number of nitrogens with zero attached hydrogens (tertiary/aromatic N) is 1. The Balaban J connectivity index is 1.76. The van der Waals surface area contributed by atoms with Crippen molar-refractivity contribution in [3.05, 3.63) is 23.0 Å². The quantitative estimate of drug-likeness (QED) is 0.713. The van der Waals surface area contributed by atoms with Gasteiger partial charge >= 0.3 is 0 Å². The van der Waals surface area contributed by atoms with Gasteiger partial charge in [0, 0.05) is 31.9 Å². The molecule has 0 aliphatic carbocycles. The number of aliphatic hydroxyl groups excluding tert-OH is 1. The molecule has 0 saturated carbocycles. The fourth-order valence-corrected chi connectivity index (χ4v) is 2.41. The van der Waals surface area contributed by atoms with E-state index in [0.717, 1.165) is 24.3 Å². The lowest BCUT2D eigenvalue weighted by Gasteiger charge is -2.28. The van der Waals surface area contributed by atoms with E-state index >= 15 is 0 Å². The number of morpholine rings is 1. The number of carbonyl (C=O) groups is 1. The van der Waals surface area contributed by atoms with E-state index in [-0.39, 0.29) is 12.5 Å². The number of rotatable bonds is 5. The first-order valence-electron chi connectivity index (χ1n) is 6.99. The maximum absolute atomic E-state index is 12.0. The van der Waals surface area contributed by atoms with Crippen molar-refractivity contribution in [2.45, 2.75) is 20.0 Å². The van der Waals surface area contributed by atoms with Gasteiger partial charge in [-0.3, -0.25) is 9.69 Å². The molecule has 1 amide bonds. The Hall–Kier alpha value is -1.37. The van der Waals surface area contributed by atoms with E-state index in [4.69, 9.17) is 4.74 Å². The standard InChI is InChI=1S/C14H23N3O3/c1-10-7-11(2)16-13(10)14(19)15-8-12(18)9-17-3-5-20-6-4-17/h7,12,16,18H,3-6,8-9H2,1-2H3,(H,15,19)/t12-/m1/s1. The van der Waals surface area contributed by atoms with Gasteiger partial charge in [-0.1, -0.05) is 0 Å². The number of amides is 1. The van der Waals surface area contributed by atoms with Crippen molar-refractivity contribution in [1.82, 2.24) is 15.2 Å². The van der Waals surface area contributed by atoms with E-state index in [9.17, 15) is 9.90 Å². The first-order chi connectivity index (χ1) is 9.56. The van der Waals surface area contributed by atoms with Crippen LogP contribution in [0.3, 0.4) is 0 Å². The Morgan fingerprint density at radius 2 is 2.20 bits per heavy atom. The molecule has 1 atom stereocenters. The maximum atomic E-state index is 12.0. The van der Waals surface area contributed by atoms with Crippen molar-refractivity contribution in [3.8, 4) is 0 Å². The van der Waals surface area contributed by atoms with Crippen LogP contribution >= 0.6 is 0 Å². The molecule has 1 aromatic heterocycles. The lowest BCUT2D eigenvalue weighted by molar-refractivity contribution is 0.0149. The van der Waals surface area contributed by atoms with E-state index in [1.165, 1.54) is 0 Å². The number of hydrogen-bond acceptors (Lipinski definition) is 4. The highest BCUT2D eigenvalue weighted by atomic mass is 16.5. The number of aryl methyl sites for hydroxylation is 2. The second-order valence-electron chi connectivity index (χ2n) is 5.29. The third-order valence-electron chi connectivity index (χ3n) is 3.45. The molecule has 1 saturated heterocycles. The van der Waals surface area contributed by atoms with Crippen LogP contribution in [0.15, 0.2) is 6.07 Å². The van der Waals surface area contributed by atoms with Crippen LogP contribution in [0.4, 0.5) is 0 Å². The van der Waals surface area contributed by atoms with Crippen molar-refractivity contribution < 1.29 is 14.6 Å². The van der Waals surface area contributed by atoms with Gasteiger partial charge in [0.05, 0.1) is 19.3 Å². The molecular weight excluding hydrogens is 258 g/mol. The smallest absolute Gasteiger partial charge is 0.268 e. The zero-order valence-electron chi connectivity index (χ0n) is 12.1. The summed E-state index contributed by atoms with van der Waals surface area (Å²) in [5.74, 6) is -0.170. The van der Waals surface area contributed by atoms with E-state index in [1.54, 1.807) is 0 Å². The van der Waals surface area contributed by atoms with Crippen LogP contribution in [0.5, 0.6) is 0 Å². The first kappa shape index (κ1) is 15.0. The first-order valence-corrected chi connectivity index (χ1v) is 6.99. The second-order valence-corrected chi connectivity index (χ2v) is 5.29. The number of aliphatic hydroxyl groups is 1. The Bertz CT molecular complexity index is 453. The van der Waals surface area contributed by atoms with Gasteiger partial charge < -0.3 is 20.1 Å². The number of aromatic nitrogens is 1. The summed E-state index contributed by atoms with van der Waals surface area (Å²) in [4.78, 5) is 17.2. The monoisotopic (exact) mass is 281 g/mol. The average molecular weight is 281 g/mol. The highest BCUT2D eigenvalue weighted by molar-refractivity contribution is 5.93. The zero-order valence-corrected chi connectivity index (χ0v) is 12.1. The Kier molecular flexibility index (Phi) is 5.17. The summed E-state index contributed by atoms with van der Waals surface area (Å²) in [6.45, 7) is 7.71. The number of aromatic amines is 1. The van der Waals surface area contributed by atoms with Crippen molar-refractivity contribution in [3.63, 3.8) is 0 Å². The summed E-state index contributed by atoms with van der Waals surface area (Å²) in [6, 6.07) is 1.93. The fourth-order valence-electron chi connectivity index (χ4n) is 2.41. The average Bonchev–Trinajstić information content (AvgIpc) is 2.76. The summed E-state index contributed by atoms with van der Waals surface area (Å²) >= 11 is 0. The minimum atomic E-state index is -0.562. The Morgan fingerprint density at radius 3 is 2.80 bits per heavy atom. The molecule has 0 spiro atoms. The summed E-state index contributed by atoms with van der Waals surface area (Å²) in [6.07, 6.45) is -0.562. The molecule has 112 valence electrons. The molecule has 0 unspecified atom stereocenters. The molecule has 3 N–H and O–H groups in total. The number of β-amino-alcohol motifs (C(OH)–C–C–N with tert-alkyl or cyclic N) is 1. The van der Waals surface area contributed by atoms with Crippen molar-refractivity contribution in [1.29, 1.82) is 0 Å². The number of hydrogen-bond donors (Lipinski definition) is 3. The van der Waals surface area contributed by atoms with E-state index in [2.05, 4.69) is 15.2 Å². The number of ether oxygens (including phenoxy) is 1. The molecular formula is C14H23N3O3. The van der Waals surface area contributed by atoms with Gasteiger partial charge in [0.25, 0.3) is 5.91 Å². The second kappa shape index (κ2) is 6.88. The summed E-state index contributed by atoms with van der Waals surface area (Å²) < 4.78 is 5.26. The molecule has 1 aliphatic rings. The van der Waals surface area contributed by atoms with Crippen LogP contribution in [0.2, 0.25) is 0 Å². The van der Waals surface area contributed by atoms with Gasteiger partial charge in [0.2, 0.25) is 0 Å². The molecule has 1 fully saturated rings. The molecule has 6 nitrogen and oxygen atoms in total. The largest absolute Gasteiger partial charge is 0.390 e. The van der Waals surface area contributed by atoms with Gasteiger partial charge in [0.1, 0.15) is 5.69 Å². The number of H-pyrrole nitrogens is 1. The molecule has 6 heteroatoms. The SMILES string of the molecule is Cc1cc(C)c(C(=O)NC[C@@H](O)CN2CCOCC2)[nH]1. The summed E-state index contributed by atoms with van der Waals surface area (Å²) in [5.41, 5.74) is 2.45. The zero-order chi connectivity index (χ0) is 14.5. The van der Waals surface area contributed by atoms with E-state index in [1.807, 2.05) is 19.9 Å². The molecule has 0 bridgehead atoms. The molecule has 1 aromatic rings. The van der Waals surface area contributed by atoms with Gasteiger partial charge in [-0.05, 0) is 25.5 Å². The predicted molar refractivity (Wildman–Crippen MR) is 75.9 cm³/mol. The van der Waals surface area contributed by atoms with E-state index in [0.29, 0.717) is 25.5 Å². The minimum absolute atomic E-state index is 0.170. The van der Waals surface area contributed by atoms with Crippen molar-refractivity contribution >= 4 is 5.91 Å². The summed E-state index contributed by atoms with van der Waals surface area (Å²) in [5, 5.41) is 12.7. The fraction of sp³-hybridized carbons (Fsp3) is 0.643. The minimum Gasteiger partial charge on any atom is -0.390 e. The predicted octanol–water partition coefficient (Wildman–Crippen LogP) is 0.0544. The van der Waals surface area contributed by atoms with Crippen LogP contribution in [-0.2, 0) is 4.74 Å². The van der Waals surface area contributed by atoms with Crippen molar-refractivity contribution in [2.24, 2.45) is 0 Å². The molecule has 2 rings (SSSR count).